The molecule has 28 heavy (non-hydrogen) atoms. The van der Waals surface area contributed by atoms with Crippen LogP contribution in [0, 0.1) is 0 Å². The second kappa shape index (κ2) is 8.89. The van der Waals surface area contributed by atoms with E-state index in [2.05, 4.69) is 10.0 Å². The first-order valence-electron chi connectivity index (χ1n) is 8.39. The topological polar surface area (TPSA) is 116 Å². The fourth-order valence-corrected chi connectivity index (χ4v) is 3.15. The SMILES string of the molecule is CNS(=O)(=O)c1cc(C(=O)O[C@H](C)C(=O)NCc2ccc(OC)cc2)n(C)c1. The van der Waals surface area contributed by atoms with Crippen LogP contribution < -0.4 is 14.8 Å². The number of aromatic nitrogens is 1. The number of methoxy groups -OCH3 is 1. The summed E-state index contributed by atoms with van der Waals surface area (Å²) in [5.74, 6) is -0.562. The molecule has 0 saturated heterocycles. The summed E-state index contributed by atoms with van der Waals surface area (Å²) in [6, 6.07) is 8.36. The van der Waals surface area contributed by atoms with Gasteiger partial charge in [-0.05, 0) is 37.7 Å². The van der Waals surface area contributed by atoms with Gasteiger partial charge in [0, 0.05) is 19.8 Å². The Morgan fingerprint density at radius 1 is 1.21 bits per heavy atom. The molecule has 0 aliphatic heterocycles. The summed E-state index contributed by atoms with van der Waals surface area (Å²) in [4.78, 5) is 24.4. The minimum absolute atomic E-state index is 0.0172. The smallest absolute Gasteiger partial charge is 0.355 e. The van der Waals surface area contributed by atoms with Gasteiger partial charge in [-0.25, -0.2) is 17.9 Å². The first kappa shape index (κ1) is 21.5. The van der Waals surface area contributed by atoms with Gasteiger partial charge in [-0.1, -0.05) is 12.1 Å². The average molecular weight is 409 g/mol. The van der Waals surface area contributed by atoms with Gasteiger partial charge in [0.05, 0.1) is 7.11 Å². The molecule has 9 nitrogen and oxygen atoms in total. The average Bonchev–Trinajstić information content (AvgIpc) is 3.09. The zero-order valence-electron chi connectivity index (χ0n) is 16.1. The van der Waals surface area contributed by atoms with Gasteiger partial charge < -0.3 is 19.4 Å². The molecule has 0 bridgehead atoms. The van der Waals surface area contributed by atoms with E-state index in [0.29, 0.717) is 5.75 Å². The van der Waals surface area contributed by atoms with Crippen molar-refractivity contribution in [1.82, 2.24) is 14.6 Å². The molecule has 1 aromatic heterocycles. The Bertz CT molecular complexity index is 950. The highest BCUT2D eigenvalue weighted by atomic mass is 32.2. The number of amides is 1. The summed E-state index contributed by atoms with van der Waals surface area (Å²) in [6.07, 6.45) is 0.238. The third-order valence-electron chi connectivity index (χ3n) is 4.05. The third kappa shape index (κ3) is 5.11. The van der Waals surface area contributed by atoms with Crippen molar-refractivity contribution in [1.29, 1.82) is 0 Å². The van der Waals surface area contributed by atoms with Crippen molar-refractivity contribution in [2.45, 2.75) is 24.5 Å². The van der Waals surface area contributed by atoms with Gasteiger partial charge in [0.15, 0.2) is 6.10 Å². The highest BCUT2D eigenvalue weighted by Crippen LogP contribution is 2.15. The number of hydrogen-bond acceptors (Lipinski definition) is 6. The number of rotatable bonds is 8. The number of nitrogens with zero attached hydrogens (tertiary/aromatic N) is 1. The molecule has 0 aliphatic rings. The number of aryl methyl sites for hydroxylation is 1. The van der Waals surface area contributed by atoms with Gasteiger partial charge in [-0.3, -0.25) is 4.79 Å². The van der Waals surface area contributed by atoms with E-state index in [-0.39, 0.29) is 17.1 Å². The summed E-state index contributed by atoms with van der Waals surface area (Å²) in [5, 5.41) is 2.68. The Kier molecular flexibility index (Phi) is 6.81. The maximum atomic E-state index is 12.3. The minimum atomic E-state index is -3.69. The molecule has 0 radical (unpaired) electrons. The van der Waals surface area contributed by atoms with Crippen LogP contribution in [0.4, 0.5) is 0 Å². The van der Waals surface area contributed by atoms with E-state index in [1.807, 2.05) is 12.1 Å². The van der Waals surface area contributed by atoms with Crippen molar-refractivity contribution in [3.8, 4) is 5.75 Å². The van der Waals surface area contributed by atoms with Crippen LogP contribution in [-0.2, 0) is 33.1 Å². The first-order valence-corrected chi connectivity index (χ1v) is 9.87. The number of carbonyl (C=O) groups is 2. The molecule has 1 atom stereocenters. The predicted molar refractivity (Wildman–Crippen MR) is 101 cm³/mol. The molecule has 2 aromatic rings. The summed E-state index contributed by atoms with van der Waals surface area (Å²) >= 11 is 0. The van der Waals surface area contributed by atoms with E-state index in [1.165, 1.54) is 37.8 Å². The molecule has 1 amide bonds. The molecular formula is C18H23N3O6S. The number of sulfonamides is 1. The van der Waals surface area contributed by atoms with E-state index in [0.717, 1.165) is 5.56 Å². The van der Waals surface area contributed by atoms with Crippen LogP contribution in [0.1, 0.15) is 23.0 Å². The number of carbonyl (C=O) groups excluding carboxylic acids is 2. The molecule has 0 spiro atoms. The highest BCUT2D eigenvalue weighted by Gasteiger charge is 2.23. The van der Waals surface area contributed by atoms with Crippen LogP contribution in [0.25, 0.3) is 0 Å². The Labute approximate surface area is 163 Å². The number of ether oxygens (including phenoxy) is 2. The van der Waals surface area contributed by atoms with Crippen LogP contribution in [0.2, 0.25) is 0 Å². The monoisotopic (exact) mass is 409 g/mol. The van der Waals surface area contributed by atoms with Crippen LogP contribution >= 0.6 is 0 Å². The number of esters is 1. The summed E-state index contributed by atoms with van der Waals surface area (Å²) in [7, 11) is 0.664. The summed E-state index contributed by atoms with van der Waals surface area (Å²) in [5.41, 5.74) is 0.876. The molecule has 1 heterocycles. The Morgan fingerprint density at radius 2 is 1.86 bits per heavy atom. The van der Waals surface area contributed by atoms with Crippen molar-refractivity contribution in [3.05, 3.63) is 47.8 Å². The lowest BCUT2D eigenvalue weighted by Gasteiger charge is -2.14. The second-order valence-corrected chi connectivity index (χ2v) is 7.88. The molecule has 152 valence electrons. The van der Waals surface area contributed by atoms with E-state index in [9.17, 15) is 18.0 Å². The number of benzene rings is 1. The van der Waals surface area contributed by atoms with Crippen molar-refractivity contribution in [2.24, 2.45) is 7.05 Å². The van der Waals surface area contributed by atoms with Gasteiger partial charge in [0.1, 0.15) is 16.3 Å². The Balaban J connectivity index is 1.96. The predicted octanol–water partition coefficient (Wildman–Crippen LogP) is 0.804. The molecular weight excluding hydrogens is 386 g/mol. The normalized spacial score (nSPS) is 12.3. The van der Waals surface area contributed by atoms with Crippen LogP contribution in [0.15, 0.2) is 41.4 Å². The lowest BCUT2D eigenvalue weighted by molar-refractivity contribution is -0.129. The van der Waals surface area contributed by atoms with Crippen LogP contribution in [0.5, 0.6) is 5.75 Å². The molecule has 0 saturated carbocycles. The maximum absolute atomic E-state index is 12.3. The van der Waals surface area contributed by atoms with E-state index < -0.39 is 28.0 Å². The van der Waals surface area contributed by atoms with Crippen LogP contribution in [-0.4, -0.2) is 45.1 Å². The van der Waals surface area contributed by atoms with Gasteiger partial charge in [0.2, 0.25) is 10.0 Å². The lowest BCUT2D eigenvalue weighted by Crippen LogP contribution is -2.35. The summed E-state index contributed by atoms with van der Waals surface area (Å²) < 4.78 is 37.4. The number of hydrogen-bond donors (Lipinski definition) is 2. The quantitative estimate of drug-likeness (QED) is 0.623. The van der Waals surface area contributed by atoms with E-state index in [1.54, 1.807) is 19.2 Å². The lowest BCUT2D eigenvalue weighted by atomic mass is 10.2. The second-order valence-electron chi connectivity index (χ2n) is 5.99. The van der Waals surface area contributed by atoms with Crippen LogP contribution in [0.3, 0.4) is 0 Å². The first-order chi connectivity index (χ1) is 13.2. The molecule has 1 aromatic carbocycles. The Hall–Kier alpha value is -2.85. The van der Waals surface area contributed by atoms with Gasteiger partial charge in [-0.2, -0.15) is 0 Å². The minimum Gasteiger partial charge on any atom is -0.497 e. The molecule has 2 N–H and O–H groups in total. The van der Waals surface area contributed by atoms with Gasteiger partial charge in [-0.15, -0.1) is 0 Å². The fraction of sp³-hybridized carbons (Fsp3) is 0.333. The molecule has 0 aliphatic carbocycles. The Morgan fingerprint density at radius 3 is 2.43 bits per heavy atom. The third-order valence-corrected chi connectivity index (χ3v) is 5.43. The van der Waals surface area contributed by atoms with E-state index >= 15 is 0 Å². The molecule has 0 fully saturated rings. The fourth-order valence-electron chi connectivity index (χ4n) is 2.35. The van der Waals surface area contributed by atoms with Crippen molar-refractivity contribution in [2.75, 3.05) is 14.2 Å². The molecule has 0 unspecified atom stereocenters. The zero-order valence-corrected chi connectivity index (χ0v) is 16.9. The van der Waals surface area contributed by atoms with Crippen molar-refractivity contribution in [3.63, 3.8) is 0 Å². The molecule has 10 heteroatoms. The largest absolute Gasteiger partial charge is 0.497 e. The standard InChI is InChI=1S/C18H23N3O6S/c1-12(17(22)20-10-13-5-7-14(26-4)8-6-13)27-18(23)16-9-15(11-21(16)3)28(24,25)19-2/h5-9,11-12,19H,10H2,1-4H3,(H,20,22)/t12-/m1/s1. The van der Waals surface area contributed by atoms with Crippen molar-refractivity contribution < 1.29 is 27.5 Å². The van der Waals surface area contributed by atoms with Gasteiger partial charge in [0.25, 0.3) is 5.91 Å². The van der Waals surface area contributed by atoms with E-state index in [4.69, 9.17) is 9.47 Å². The van der Waals surface area contributed by atoms with Crippen molar-refractivity contribution >= 4 is 21.9 Å². The highest BCUT2D eigenvalue weighted by molar-refractivity contribution is 7.89. The molecule has 2 rings (SSSR count). The summed E-state index contributed by atoms with van der Waals surface area (Å²) in [6.45, 7) is 1.70. The number of nitrogens with one attached hydrogen (secondary N) is 2. The van der Waals surface area contributed by atoms with Gasteiger partial charge >= 0.3 is 5.97 Å². The zero-order chi connectivity index (χ0) is 20.9. The maximum Gasteiger partial charge on any atom is 0.355 e.